The number of nitrogens with two attached hydrogens (primary N) is 1. The fourth-order valence-electron chi connectivity index (χ4n) is 3.01. The van der Waals surface area contributed by atoms with E-state index in [9.17, 15) is 10.1 Å². The standard InChI is InChI=1S/C14H20N4O3/c1-3-11-6-4-9(2)17(11)12-7-5-10(14(15)16-19)8-13(12)18(20)21/h5,7-9,11,19H,3-4,6H2,1-2H3,(H2,15,16). The highest BCUT2D eigenvalue weighted by atomic mass is 16.6. The summed E-state index contributed by atoms with van der Waals surface area (Å²) in [6, 6.07) is 5.28. The van der Waals surface area contributed by atoms with Gasteiger partial charge in [0.05, 0.1) is 4.92 Å². The Morgan fingerprint density at radius 2 is 2.29 bits per heavy atom. The smallest absolute Gasteiger partial charge is 0.293 e. The Morgan fingerprint density at radius 1 is 1.57 bits per heavy atom. The first kappa shape index (κ1) is 15.1. The van der Waals surface area contributed by atoms with Crippen molar-refractivity contribution in [2.45, 2.75) is 45.2 Å². The maximum Gasteiger partial charge on any atom is 0.293 e. The number of nitro benzene ring substituents is 1. The molecule has 21 heavy (non-hydrogen) atoms. The molecule has 114 valence electrons. The number of oxime groups is 1. The molecule has 0 aromatic heterocycles. The van der Waals surface area contributed by atoms with Crippen LogP contribution < -0.4 is 10.6 Å². The molecule has 7 heteroatoms. The van der Waals surface area contributed by atoms with Gasteiger partial charge in [-0.1, -0.05) is 12.1 Å². The molecule has 1 aliphatic heterocycles. The highest BCUT2D eigenvalue weighted by Crippen LogP contribution is 2.38. The lowest BCUT2D eigenvalue weighted by atomic mass is 10.1. The number of nitro groups is 1. The van der Waals surface area contributed by atoms with E-state index in [-0.39, 0.29) is 17.6 Å². The van der Waals surface area contributed by atoms with E-state index >= 15 is 0 Å². The number of nitrogens with zero attached hydrogens (tertiary/aromatic N) is 3. The minimum Gasteiger partial charge on any atom is -0.409 e. The van der Waals surface area contributed by atoms with Gasteiger partial charge in [-0.15, -0.1) is 0 Å². The lowest BCUT2D eigenvalue weighted by molar-refractivity contribution is -0.384. The SMILES string of the molecule is CCC1CCC(C)N1c1ccc(/C(N)=N/O)cc1[N+](=O)[O-]. The van der Waals surface area contributed by atoms with Crippen LogP contribution in [0.4, 0.5) is 11.4 Å². The van der Waals surface area contributed by atoms with Gasteiger partial charge in [0.25, 0.3) is 5.69 Å². The third-order valence-corrected chi connectivity index (χ3v) is 4.11. The molecule has 7 nitrogen and oxygen atoms in total. The molecule has 1 fully saturated rings. The van der Waals surface area contributed by atoms with Gasteiger partial charge in [0, 0.05) is 23.7 Å². The lowest BCUT2D eigenvalue weighted by Crippen LogP contribution is -2.34. The first-order chi connectivity index (χ1) is 9.99. The van der Waals surface area contributed by atoms with Crippen LogP contribution in [0.5, 0.6) is 0 Å². The second-order valence-electron chi connectivity index (χ2n) is 5.34. The average Bonchev–Trinajstić information content (AvgIpc) is 2.86. The maximum atomic E-state index is 11.4. The van der Waals surface area contributed by atoms with Gasteiger partial charge in [0.15, 0.2) is 5.84 Å². The van der Waals surface area contributed by atoms with Gasteiger partial charge < -0.3 is 15.8 Å². The van der Waals surface area contributed by atoms with Crippen LogP contribution in [0.3, 0.4) is 0 Å². The van der Waals surface area contributed by atoms with Crippen molar-refractivity contribution in [3.63, 3.8) is 0 Å². The number of anilines is 1. The zero-order valence-electron chi connectivity index (χ0n) is 12.2. The number of amidine groups is 1. The molecule has 1 saturated heterocycles. The zero-order chi connectivity index (χ0) is 15.6. The van der Waals surface area contributed by atoms with Gasteiger partial charge in [-0.05, 0) is 38.3 Å². The topological polar surface area (TPSA) is 105 Å². The Hall–Kier alpha value is -2.31. The summed E-state index contributed by atoms with van der Waals surface area (Å²) in [5.41, 5.74) is 6.45. The quantitative estimate of drug-likeness (QED) is 0.291. The molecule has 0 bridgehead atoms. The van der Waals surface area contributed by atoms with Crippen LogP contribution in [0.15, 0.2) is 23.4 Å². The second-order valence-corrected chi connectivity index (χ2v) is 5.34. The van der Waals surface area contributed by atoms with Gasteiger partial charge in [-0.2, -0.15) is 0 Å². The molecular formula is C14H20N4O3. The lowest BCUT2D eigenvalue weighted by Gasteiger charge is -2.30. The normalized spacial score (nSPS) is 22.6. The summed E-state index contributed by atoms with van der Waals surface area (Å²) in [5.74, 6) is -0.133. The van der Waals surface area contributed by atoms with Crippen molar-refractivity contribution in [1.29, 1.82) is 0 Å². The molecule has 2 atom stereocenters. The Kier molecular flexibility index (Phi) is 4.30. The van der Waals surface area contributed by atoms with Gasteiger partial charge in [0.2, 0.25) is 0 Å². The minimum atomic E-state index is -0.415. The van der Waals surface area contributed by atoms with Crippen LogP contribution in [0.1, 0.15) is 38.7 Å². The van der Waals surface area contributed by atoms with E-state index in [2.05, 4.69) is 23.9 Å². The van der Waals surface area contributed by atoms with Crippen molar-refractivity contribution in [2.75, 3.05) is 4.90 Å². The first-order valence-electron chi connectivity index (χ1n) is 7.04. The number of rotatable bonds is 4. The van der Waals surface area contributed by atoms with Crippen molar-refractivity contribution in [1.82, 2.24) is 0 Å². The summed E-state index contributed by atoms with van der Waals surface area (Å²) in [7, 11) is 0. The molecule has 0 radical (unpaired) electrons. The summed E-state index contributed by atoms with van der Waals surface area (Å²) >= 11 is 0. The Morgan fingerprint density at radius 3 is 2.86 bits per heavy atom. The van der Waals surface area contributed by atoms with Crippen LogP contribution >= 0.6 is 0 Å². The van der Waals surface area contributed by atoms with Crippen molar-refractivity contribution in [3.05, 3.63) is 33.9 Å². The zero-order valence-corrected chi connectivity index (χ0v) is 12.2. The van der Waals surface area contributed by atoms with E-state index in [1.54, 1.807) is 12.1 Å². The third kappa shape index (κ3) is 2.76. The summed E-state index contributed by atoms with van der Waals surface area (Å²) in [5, 5.41) is 23.0. The van der Waals surface area contributed by atoms with E-state index in [1.165, 1.54) is 6.07 Å². The molecule has 3 N–H and O–H groups in total. The average molecular weight is 292 g/mol. The molecule has 2 rings (SSSR count). The third-order valence-electron chi connectivity index (χ3n) is 4.11. The molecule has 2 unspecified atom stereocenters. The van der Waals surface area contributed by atoms with E-state index in [0.717, 1.165) is 19.3 Å². The van der Waals surface area contributed by atoms with Crippen molar-refractivity contribution in [2.24, 2.45) is 10.9 Å². The molecule has 0 spiro atoms. The summed E-state index contributed by atoms with van der Waals surface area (Å²) in [6.07, 6.45) is 3.01. The van der Waals surface area contributed by atoms with Gasteiger partial charge in [-0.25, -0.2) is 0 Å². The predicted octanol–water partition coefficient (Wildman–Crippen LogP) is 2.46. The van der Waals surface area contributed by atoms with Crippen LogP contribution in [0.25, 0.3) is 0 Å². The van der Waals surface area contributed by atoms with Crippen molar-refractivity contribution < 1.29 is 10.1 Å². The Labute approximate surface area is 123 Å². The molecule has 1 aliphatic rings. The maximum absolute atomic E-state index is 11.4. The minimum absolute atomic E-state index is 0.00806. The highest BCUT2D eigenvalue weighted by Gasteiger charge is 2.33. The van der Waals surface area contributed by atoms with Crippen LogP contribution in [-0.4, -0.2) is 28.0 Å². The van der Waals surface area contributed by atoms with Gasteiger partial charge in [0.1, 0.15) is 5.69 Å². The van der Waals surface area contributed by atoms with Crippen LogP contribution in [0, 0.1) is 10.1 Å². The summed E-state index contributed by atoms with van der Waals surface area (Å²) in [4.78, 5) is 13.1. The monoisotopic (exact) mass is 292 g/mol. The number of hydrogen-bond donors (Lipinski definition) is 2. The molecule has 1 aromatic rings. The molecule has 0 amide bonds. The van der Waals surface area contributed by atoms with Gasteiger partial charge in [-0.3, -0.25) is 10.1 Å². The van der Waals surface area contributed by atoms with Gasteiger partial charge >= 0.3 is 0 Å². The number of hydrogen-bond acceptors (Lipinski definition) is 5. The predicted molar refractivity (Wildman–Crippen MR) is 80.9 cm³/mol. The summed E-state index contributed by atoms with van der Waals surface area (Å²) < 4.78 is 0. The van der Waals surface area contributed by atoms with E-state index in [4.69, 9.17) is 10.9 Å². The summed E-state index contributed by atoms with van der Waals surface area (Å²) in [6.45, 7) is 4.17. The van der Waals surface area contributed by atoms with Crippen molar-refractivity contribution in [3.8, 4) is 0 Å². The first-order valence-corrected chi connectivity index (χ1v) is 7.04. The highest BCUT2D eigenvalue weighted by molar-refractivity contribution is 5.98. The van der Waals surface area contributed by atoms with E-state index in [0.29, 0.717) is 17.3 Å². The fourth-order valence-corrected chi connectivity index (χ4v) is 3.01. The van der Waals surface area contributed by atoms with Crippen LogP contribution in [0.2, 0.25) is 0 Å². The van der Waals surface area contributed by atoms with E-state index in [1.807, 2.05) is 0 Å². The number of benzene rings is 1. The second kappa shape index (κ2) is 5.99. The molecule has 1 heterocycles. The van der Waals surface area contributed by atoms with Crippen LogP contribution in [-0.2, 0) is 0 Å². The van der Waals surface area contributed by atoms with Crippen molar-refractivity contribution >= 4 is 17.2 Å². The Balaban J connectivity index is 2.50. The largest absolute Gasteiger partial charge is 0.409 e. The Bertz CT molecular complexity index is 573. The molecular weight excluding hydrogens is 272 g/mol. The molecule has 0 saturated carbocycles. The fraction of sp³-hybridized carbons (Fsp3) is 0.500. The molecule has 1 aromatic carbocycles. The van der Waals surface area contributed by atoms with E-state index < -0.39 is 4.92 Å². The molecule has 0 aliphatic carbocycles.